The lowest BCUT2D eigenvalue weighted by Crippen LogP contribution is -2.30. The Morgan fingerprint density at radius 3 is 2.58 bits per heavy atom. The SMILES string of the molecule is Cc1c(Cl)cccc1NC(=O)c1cccc(N2C(=O)[C@H](C)CS2(=O)=O)c1. The second-order valence-electron chi connectivity index (χ2n) is 6.20. The summed E-state index contributed by atoms with van der Waals surface area (Å²) in [7, 11) is -3.72. The van der Waals surface area contributed by atoms with Crippen molar-refractivity contribution in [3.05, 3.63) is 58.6 Å². The number of rotatable bonds is 3. The maximum absolute atomic E-state index is 12.5. The van der Waals surface area contributed by atoms with Crippen molar-refractivity contribution in [2.24, 2.45) is 5.92 Å². The Balaban J connectivity index is 1.91. The fraction of sp³-hybridized carbons (Fsp3) is 0.222. The zero-order valence-corrected chi connectivity index (χ0v) is 15.8. The van der Waals surface area contributed by atoms with E-state index in [2.05, 4.69) is 5.32 Å². The fourth-order valence-corrected chi connectivity index (χ4v) is 4.78. The number of halogens is 1. The average molecular weight is 393 g/mol. The molecule has 1 heterocycles. The van der Waals surface area contributed by atoms with Gasteiger partial charge in [0.25, 0.3) is 5.91 Å². The van der Waals surface area contributed by atoms with Crippen LogP contribution >= 0.6 is 11.6 Å². The van der Waals surface area contributed by atoms with Gasteiger partial charge in [0, 0.05) is 16.3 Å². The van der Waals surface area contributed by atoms with E-state index in [1.54, 1.807) is 44.2 Å². The van der Waals surface area contributed by atoms with E-state index in [1.165, 1.54) is 12.1 Å². The van der Waals surface area contributed by atoms with Gasteiger partial charge in [0.15, 0.2) is 0 Å². The second-order valence-corrected chi connectivity index (χ2v) is 8.47. The Labute approximate surface area is 156 Å². The monoisotopic (exact) mass is 392 g/mol. The van der Waals surface area contributed by atoms with Crippen LogP contribution in [0.2, 0.25) is 5.02 Å². The third-order valence-electron chi connectivity index (χ3n) is 4.22. The van der Waals surface area contributed by atoms with Gasteiger partial charge in [-0.3, -0.25) is 9.59 Å². The van der Waals surface area contributed by atoms with Crippen LogP contribution in [0.5, 0.6) is 0 Å². The highest BCUT2D eigenvalue weighted by atomic mass is 35.5. The van der Waals surface area contributed by atoms with Gasteiger partial charge < -0.3 is 5.32 Å². The van der Waals surface area contributed by atoms with E-state index in [-0.39, 0.29) is 17.0 Å². The quantitative estimate of drug-likeness (QED) is 0.869. The molecule has 2 aromatic carbocycles. The van der Waals surface area contributed by atoms with Crippen LogP contribution in [-0.2, 0) is 14.8 Å². The van der Waals surface area contributed by atoms with Crippen LogP contribution in [0.25, 0.3) is 0 Å². The van der Waals surface area contributed by atoms with Gasteiger partial charge in [0.2, 0.25) is 15.9 Å². The molecule has 0 aliphatic carbocycles. The number of carbonyl (C=O) groups is 2. The Morgan fingerprint density at radius 1 is 1.23 bits per heavy atom. The second kappa shape index (κ2) is 6.74. The Kier molecular flexibility index (Phi) is 4.77. The van der Waals surface area contributed by atoms with E-state index in [4.69, 9.17) is 11.6 Å². The van der Waals surface area contributed by atoms with E-state index in [9.17, 15) is 18.0 Å². The van der Waals surface area contributed by atoms with Crippen LogP contribution in [0.4, 0.5) is 11.4 Å². The molecule has 3 rings (SSSR count). The summed E-state index contributed by atoms with van der Waals surface area (Å²) in [6.07, 6.45) is 0. The fourth-order valence-electron chi connectivity index (χ4n) is 2.80. The molecule has 2 amide bonds. The molecule has 0 radical (unpaired) electrons. The number of hydrogen-bond donors (Lipinski definition) is 1. The molecular formula is C18H17ClN2O4S. The van der Waals surface area contributed by atoms with Crippen LogP contribution in [0.1, 0.15) is 22.8 Å². The lowest BCUT2D eigenvalue weighted by molar-refractivity contribution is -0.119. The minimum atomic E-state index is -3.72. The minimum Gasteiger partial charge on any atom is -0.322 e. The summed E-state index contributed by atoms with van der Waals surface area (Å²) in [5.41, 5.74) is 1.69. The maximum Gasteiger partial charge on any atom is 0.255 e. The topological polar surface area (TPSA) is 83.6 Å². The van der Waals surface area contributed by atoms with Gasteiger partial charge >= 0.3 is 0 Å². The smallest absolute Gasteiger partial charge is 0.255 e. The average Bonchev–Trinajstić information content (AvgIpc) is 2.79. The summed E-state index contributed by atoms with van der Waals surface area (Å²) in [5, 5.41) is 3.28. The van der Waals surface area contributed by atoms with Gasteiger partial charge in [-0.15, -0.1) is 0 Å². The molecule has 0 spiro atoms. The predicted molar refractivity (Wildman–Crippen MR) is 101 cm³/mol. The first kappa shape index (κ1) is 18.4. The van der Waals surface area contributed by atoms with Crippen molar-refractivity contribution < 1.29 is 18.0 Å². The molecule has 26 heavy (non-hydrogen) atoms. The third-order valence-corrected chi connectivity index (χ3v) is 6.50. The van der Waals surface area contributed by atoms with Gasteiger partial charge in [0.05, 0.1) is 17.4 Å². The van der Waals surface area contributed by atoms with Crippen molar-refractivity contribution in [2.75, 3.05) is 15.4 Å². The number of benzene rings is 2. The number of carbonyl (C=O) groups excluding carboxylic acids is 2. The molecule has 6 nitrogen and oxygen atoms in total. The summed E-state index contributed by atoms with van der Waals surface area (Å²) in [6, 6.07) is 11.1. The third kappa shape index (κ3) is 3.32. The Hall–Kier alpha value is -2.38. The van der Waals surface area contributed by atoms with Gasteiger partial charge in [-0.2, -0.15) is 0 Å². The van der Waals surface area contributed by atoms with E-state index >= 15 is 0 Å². The van der Waals surface area contributed by atoms with Gasteiger partial charge in [-0.1, -0.05) is 30.7 Å². The van der Waals surface area contributed by atoms with Crippen LogP contribution in [0.15, 0.2) is 42.5 Å². The molecule has 1 N–H and O–H groups in total. The maximum atomic E-state index is 12.5. The van der Waals surface area contributed by atoms with Crippen molar-refractivity contribution in [2.45, 2.75) is 13.8 Å². The number of amides is 2. The molecule has 1 saturated heterocycles. The summed E-state index contributed by atoms with van der Waals surface area (Å²) in [6.45, 7) is 3.35. The first-order chi connectivity index (χ1) is 12.2. The van der Waals surface area contributed by atoms with Crippen molar-refractivity contribution in [1.82, 2.24) is 0 Å². The number of sulfonamides is 1. The van der Waals surface area contributed by atoms with E-state index in [1.807, 2.05) is 0 Å². The van der Waals surface area contributed by atoms with Crippen molar-refractivity contribution in [3.8, 4) is 0 Å². The summed E-state index contributed by atoms with van der Waals surface area (Å²) >= 11 is 6.05. The summed E-state index contributed by atoms with van der Waals surface area (Å²) < 4.78 is 25.2. The van der Waals surface area contributed by atoms with Crippen LogP contribution in [-0.4, -0.2) is 26.0 Å². The lowest BCUT2D eigenvalue weighted by atomic mass is 10.1. The summed E-state index contributed by atoms with van der Waals surface area (Å²) in [4.78, 5) is 24.8. The van der Waals surface area contributed by atoms with Crippen molar-refractivity contribution >= 4 is 44.8 Å². The van der Waals surface area contributed by atoms with Gasteiger partial charge in [0.1, 0.15) is 0 Å². The molecule has 1 aliphatic heterocycles. The lowest BCUT2D eigenvalue weighted by Gasteiger charge is -2.16. The minimum absolute atomic E-state index is 0.162. The molecule has 1 aliphatic rings. The normalized spacial score (nSPS) is 18.8. The number of nitrogens with zero attached hydrogens (tertiary/aromatic N) is 1. The standard InChI is InChI=1S/C18H17ClN2O4S/c1-11-10-26(24,25)21(18(11)23)14-6-3-5-13(9-14)17(22)20-16-8-4-7-15(19)12(16)2/h3-9,11H,10H2,1-2H3,(H,20,22)/t11-/m1/s1. The highest BCUT2D eigenvalue weighted by Gasteiger charge is 2.42. The van der Waals surface area contributed by atoms with Gasteiger partial charge in [-0.25, -0.2) is 12.7 Å². The highest BCUT2D eigenvalue weighted by molar-refractivity contribution is 7.94. The number of nitrogens with one attached hydrogen (secondary N) is 1. The number of anilines is 2. The van der Waals surface area contributed by atoms with Crippen LogP contribution in [0.3, 0.4) is 0 Å². The zero-order valence-electron chi connectivity index (χ0n) is 14.2. The molecule has 1 atom stereocenters. The van der Waals surface area contributed by atoms with Crippen LogP contribution in [0, 0.1) is 12.8 Å². The predicted octanol–water partition coefficient (Wildman–Crippen LogP) is 3.21. The molecule has 0 unspecified atom stereocenters. The van der Waals surface area contributed by atoms with E-state index in [0.717, 1.165) is 9.87 Å². The molecule has 2 aromatic rings. The van der Waals surface area contributed by atoms with Crippen LogP contribution < -0.4 is 9.62 Å². The van der Waals surface area contributed by atoms with Gasteiger partial charge in [-0.05, 0) is 42.8 Å². The first-order valence-electron chi connectivity index (χ1n) is 7.94. The summed E-state index contributed by atoms with van der Waals surface area (Å²) in [5.74, 6) is -1.75. The number of hydrogen-bond acceptors (Lipinski definition) is 4. The van der Waals surface area contributed by atoms with Crippen molar-refractivity contribution in [3.63, 3.8) is 0 Å². The molecule has 0 saturated carbocycles. The Bertz CT molecular complexity index is 1000. The molecular weight excluding hydrogens is 376 g/mol. The molecule has 0 bridgehead atoms. The largest absolute Gasteiger partial charge is 0.322 e. The van der Waals surface area contributed by atoms with Crippen molar-refractivity contribution in [1.29, 1.82) is 0 Å². The molecule has 136 valence electrons. The van der Waals surface area contributed by atoms with E-state index in [0.29, 0.717) is 10.7 Å². The van der Waals surface area contributed by atoms with E-state index < -0.39 is 27.8 Å². The molecule has 1 fully saturated rings. The highest BCUT2D eigenvalue weighted by Crippen LogP contribution is 2.29. The zero-order chi connectivity index (χ0) is 19.1. The first-order valence-corrected chi connectivity index (χ1v) is 9.93. The Morgan fingerprint density at radius 2 is 1.92 bits per heavy atom. The molecule has 0 aromatic heterocycles. The molecule has 8 heteroatoms.